The van der Waals surface area contributed by atoms with Crippen LogP contribution in [-0.4, -0.2) is 21.7 Å². The van der Waals surface area contributed by atoms with Gasteiger partial charge in [-0.05, 0) is 30.2 Å². The summed E-state index contributed by atoms with van der Waals surface area (Å²) in [7, 11) is 0. The van der Waals surface area contributed by atoms with Crippen molar-refractivity contribution in [2.45, 2.75) is 37.0 Å². The molecule has 0 aliphatic carbocycles. The normalized spacial score (nSPS) is 30.3. The molecule has 1 aromatic carbocycles. The first-order valence-corrected chi connectivity index (χ1v) is 7.12. The lowest BCUT2D eigenvalue weighted by atomic mass is 9.87. The molecule has 1 heterocycles. The van der Waals surface area contributed by atoms with Crippen LogP contribution in [0.3, 0.4) is 0 Å². The van der Waals surface area contributed by atoms with Crippen LogP contribution in [0.25, 0.3) is 0 Å². The summed E-state index contributed by atoms with van der Waals surface area (Å²) in [6.45, 7) is 2.11. The Morgan fingerprint density at radius 3 is 2.94 bits per heavy atom. The Balaban J connectivity index is 2.16. The van der Waals surface area contributed by atoms with Crippen LogP contribution >= 0.6 is 23.4 Å². The Kier molecular flexibility index (Phi) is 3.83. The molecule has 2 unspecified atom stereocenters. The van der Waals surface area contributed by atoms with Crippen LogP contribution in [0.4, 0.5) is 0 Å². The van der Waals surface area contributed by atoms with Crippen LogP contribution in [0.15, 0.2) is 24.3 Å². The summed E-state index contributed by atoms with van der Waals surface area (Å²) in [6.07, 6.45) is 2.64. The molecule has 2 atom stereocenters. The highest BCUT2D eigenvalue weighted by Gasteiger charge is 2.36. The molecule has 1 nitrogen and oxygen atoms in total. The van der Waals surface area contributed by atoms with Crippen LogP contribution in [-0.2, 0) is 6.42 Å². The first-order valence-electron chi connectivity index (χ1n) is 5.69. The summed E-state index contributed by atoms with van der Waals surface area (Å²) in [4.78, 5) is 0. The highest BCUT2D eigenvalue weighted by molar-refractivity contribution is 8.00. The number of hydrogen-bond donors (Lipinski definition) is 1. The van der Waals surface area contributed by atoms with Gasteiger partial charge in [-0.1, -0.05) is 36.7 Å². The monoisotopic (exact) mass is 256 g/mol. The summed E-state index contributed by atoms with van der Waals surface area (Å²) in [5, 5.41) is 11.7. The maximum absolute atomic E-state index is 10.6. The molecular formula is C13H17ClOS. The molecule has 0 aromatic heterocycles. The van der Waals surface area contributed by atoms with E-state index in [2.05, 4.69) is 6.92 Å². The zero-order chi connectivity index (χ0) is 11.6. The molecule has 1 fully saturated rings. The van der Waals surface area contributed by atoms with Gasteiger partial charge in [0.05, 0.1) is 5.60 Å². The molecule has 0 bridgehead atoms. The molecule has 1 aliphatic heterocycles. The van der Waals surface area contributed by atoms with Gasteiger partial charge in [-0.3, -0.25) is 0 Å². The number of halogens is 1. The van der Waals surface area contributed by atoms with Crippen LogP contribution in [0.2, 0.25) is 5.02 Å². The van der Waals surface area contributed by atoms with Crippen molar-refractivity contribution >= 4 is 23.4 Å². The maximum atomic E-state index is 10.6. The van der Waals surface area contributed by atoms with Gasteiger partial charge in [-0.15, -0.1) is 0 Å². The van der Waals surface area contributed by atoms with Crippen molar-refractivity contribution in [3.63, 3.8) is 0 Å². The highest BCUT2D eigenvalue weighted by Crippen LogP contribution is 2.37. The van der Waals surface area contributed by atoms with Gasteiger partial charge in [0.15, 0.2) is 0 Å². The molecule has 0 radical (unpaired) electrons. The summed E-state index contributed by atoms with van der Waals surface area (Å²) < 4.78 is 0. The van der Waals surface area contributed by atoms with E-state index in [0.29, 0.717) is 6.42 Å². The number of aliphatic hydroxyl groups is 1. The Hall–Kier alpha value is -0.180. The van der Waals surface area contributed by atoms with E-state index in [9.17, 15) is 5.11 Å². The first-order chi connectivity index (χ1) is 7.62. The van der Waals surface area contributed by atoms with Gasteiger partial charge in [0.2, 0.25) is 0 Å². The fourth-order valence-electron chi connectivity index (χ4n) is 2.20. The van der Waals surface area contributed by atoms with Gasteiger partial charge in [0, 0.05) is 16.7 Å². The highest BCUT2D eigenvalue weighted by atomic mass is 35.5. The average molecular weight is 257 g/mol. The Morgan fingerprint density at radius 1 is 1.50 bits per heavy atom. The zero-order valence-corrected chi connectivity index (χ0v) is 11.0. The fraction of sp³-hybridized carbons (Fsp3) is 0.538. The van der Waals surface area contributed by atoms with Gasteiger partial charge < -0.3 is 5.11 Å². The predicted octanol–water partition coefficient (Wildman–Crippen LogP) is 3.53. The molecule has 16 heavy (non-hydrogen) atoms. The molecule has 1 N–H and O–H groups in total. The lowest BCUT2D eigenvalue weighted by Crippen LogP contribution is -2.43. The van der Waals surface area contributed by atoms with E-state index in [1.54, 1.807) is 0 Å². The number of thioether (sulfide) groups is 1. The van der Waals surface area contributed by atoms with Crippen molar-refractivity contribution in [1.29, 1.82) is 0 Å². The molecule has 0 amide bonds. The third-order valence-electron chi connectivity index (χ3n) is 3.33. The third-order valence-corrected chi connectivity index (χ3v) is 5.16. The van der Waals surface area contributed by atoms with E-state index in [0.717, 1.165) is 29.2 Å². The molecule has 3 heteroatoms. The Morgan fingerprint density at radius 2 is 2.25 bits per heavy atom. The van der Waals surface area contributed by atoms with Crippen LogP contribution in [0.1, 0.15) is 25.3 Å². The molecule has 0 saturated carbocycles. The van der Waals surface area contributed by atoms with Gasteiger partial charge >= 0.3 is 0 Å². The molecule has 2 rings (SSSR count). The molecule has 1 aromatic rings. The zero-order valence-electron chi connectivity index (χ0n) is 9.45. The lowest BCUT2D eigenvalue weighted by molar-refractivity contribution is 0.0298. The average Bonchev–Trinajstić information content (AvgIpc) is 2.26. The largest absolute Gasteiger partial charge is 0.388 e. The second-order valence-corrected chi connectivity index (χ2v) is 6.34. The third kappa shape index (κ3) is 2.55. The summed E-state index contributed by atoms with van der Waals surface area (Å²) >= 11 is 7.99. The smallest absolute Gasteiger partial charge is 0.0804 e. The van der Waals surface area contributed by atoms with E-state index < -0.39 is 5.60 Å². The number of rotatable bonds is 2. The first kappa shape index (κ1) is 12.3. The van der Waals surface area contributed by atoms with Crippen molar-refractivity contribution in [2.75, 3.05) is 5.75 Å². The maximum Gasteiger partial charge on any atom is 0.0804 e. The molecular weight excluding hydrogens is 240 g/mol. The molecule has 1 aliphatic rings. The van der Waals surface area contributed by atoms with Gasteiger partial charge in [-0.25, -0.2) is 0 Å². The van der Waals surface area contributed by atoms with Crippen molar-refractivity contribution in [2.24, 2.45) is 0 Å². The standard InChI is InChI=1S/C13H17ClOS/c1-10-13(15,7-4-8-16-10)9-11-5-2-3-6-12(11)14/h2-3,5-6,10,15H,4,7-9H2,1H3. The minimum absolute atomic E-state index is 0.289. The predicted molar refractivity (Wildman–Crippen MR) is 71.3 cm³/mol. The molecule has 0 spiro atoms. The van der Waals surface area contributed by atoms with E-state index in [-0.39, 0.29) is 5.25 Å². The van der Waals surface area contributed by atoms with Crippen molar-refractivity contribution in [3.8, 4) is 0 Å². The Labute approximate surface area is 106 Å². The topological polar surface area (TPSA) is 20.2 Å². The van der Waals surface area contributed by atoms with E-state index in [1.807, 2.05) is 36.0 Å². The van der Waals surface area contributed by atoms with Crippen LogP contribution in [0.5, 0.6) is 0 Å². The summed E-state index contributed by atoms with van der Waals surface area (Å²) in [5.41, 5.74) is 0.467. The fourth-order valence-corrected chi connectivity index (χ4v) is 3.58. The van der Waals surface area contributed by atoms with Gasteiger partial charge in [-0.2, -0.15) is 11.8 Å². The Bertz CT molecular complexity index is 369. The second kappa shape index (κ2) is 4.99. The quantitative estimate of drug-likeness (QED) is 0.874. The molecule has 88 valence electrons. The van der Waals surface area contributed by atoms with E-state index >= 15 is 0 Å². The molecule has 1 saturated heterocycles. The second-order valence-electron chi connectivity index (χ2n) is 4.49. The SMILES string of the molecule is CC1SCCCC1(O)Cc1ccccc1Cl. The van der Waals surface area contributed by atoms with Crippen molar-refractivity contribution in [3.05, 3.63) is 34.9 Å². The van der Waals surface area contributed by atoms with Crippen LogP contribution in [0, 0.1) is 0 Å². The van der Waals surface area contributed by atoms with E-state index in [4.69, 9.17) is 11.6 Å². The van der Waals surface area contributed by atoms with Crippen molar-refractivity contribution < 1.29 is 5.11 Å². The summed E-state index contributed by atoms with van der Waals surface area (Å²) in [5.74, 6) is 1.16. The number of hydrogen-bond acceptors (Lipinski definition) is 2. The number of benzene rings is 1. The van der Waals surface area contributed by atoms with Crippen molar-refractivity contribution in [1.82, 2.24) is 0 Å². The van der Waals surface area contributed by atoms with Crippen LogP contribution < -0.4 is 0 Å². The van der Waals surface area contributed by atoms with Gasteiger partial charge in [0.25, 0.3) is 0 Å². The lowest BCUT2D eigenvalue weighted by Gasteiger charge is -2.38. The van der Waals surface area contributed by atoms with E-state index in [1.165, 1.54) is 0 Å². The summed E-state index contributed by atoms with van der Waals surface area (Å²) in [6, 6.07) is 7.80. The van der Waals surface area contributed by atoms with Gasteiger partial charge in [0.1, 0.15) is 0 Å². The minimum Gasteiger partial charge on any atom is -0.388 e. The minimum atomic E-state index is -0.589.